The maximum absolute atomic E-state index is 12.0. The lowest BCUT2D eigenvalue weighted by Gasteiger charge is -2.44. The third-order valence-corrected chi connectivity index (χ3v) is 7.90. The van der Waals surface area contributed by atoms with Crippen LogP contribution in [0.4, 0.5) is 23.1 Å². The first kappa shape index (κ1) is 24.3. The lowest BCUT2D eigenvalue weighted by Crippen LogP contribution is -2.57. The molecule has 0 atom stereocenters. The number of anilines is 4. The van der Waals surface area contributed by atoms with E-state index in [1.54, 1.807) is 6.20 Å². The molecule has 1 aromatic carbocycles. The van der Waals surface area contributed by atoms with Gasteiger partial charge in [0.05, 0.1) is 4.47 Å². The second kappa shape index (κ2) is 10.7. The topological polar surface area (TPSA) is 76.6 Å². The number of carbonyl (C=O) groups excluding carboxylic acids is 1. The molecule has 1 aromatic heterocycles. The van der Waals surface area contributed by atoms with Crippen molar-refractivity contribution in [3.63, 3.8) is 0 Å². The average Bonchev–Trinajstić information content (AvgIpc) is 3.65. The monoisotopic (exact) mass is 541 g/mol. The Hall–Kier alpha value is -2.39. The van der Waals surface area contributed by atoms with E-state index in [0.717, 1.165) is 68.0 Å². The van der Waals surface area contributed by atoms with Crippen molar-refractivity contribution in [3.05, 3.63) is 34.4 Å². The minimum Gasteiger partial charge on any atom is -0.369 e. The number of benzene rings is 1. The number of halogens is 1. The van der Waals surface area contributed by atoms with Crippen molar-refractivity contribution >= 4 is 45.0 Å². The molecular formula is C26H36BrN7O. The Morgan fingerprint density at radius 1 is 1.20 bits per heavy atom. The lowest BCUT2D eigenvalue weighted by molar-refractivity contribution is -0.133. The molecule has 1 aliphatic carbocycles. The number of rotatable bonds is 10. The molecule has 0 bridgehead atoms. The van der Waals surface area contributed by atoms with Crippen molar-refractivity contribution in [2.45, 2.75) is 50.5 Å². The van der Waals surface area contributed by atoms with E-state index in [1.165, 1.54) is 24.1 Å². The summed E-state index contributed by atoms with van der Waals surface area (Å²) in [4.78, 5) is 28.0. The Kier molecular flexibility index (Phi) is 7.43. The molecule has 1 saturated carbocycles. The molecule has 2 N–H and O–H groups in total. The second-order valence-corrected chi connectivity index (χ2v) is 11.1. The number of hydrogen-bond donors (Lipinski definition) is 2. The van der Waals surface area contributed by atoms with Crippen molar-refractivity contribution in [1.29, 1.82) is 0 Å². The number of carbonyl (C=O) groups is 1. The van der Waals surface area contributed by atoms with Gasteiger partial charge in [-0.3, -0.25) is 4.79 Å². The molecule has 2 saturated heterocycles. The molecule has 3 aliphatic rings. The maximum Gasteiger partial charge on any atom is 0.229 e. The summed E-state index contributed by atoms with van der Waals surface area (Å²) < 4.78 is 0.836. The molecular weight excluding hydrogens is 506 g/mol. The summed E-state index contributed by atoms with van der Waals surface area (Å²) in [6.45, 7) is 4.61. The summed E-state index contributed by atoms with van der Waals surface area (Å²) in [5.41, 5.74) is 3.77. The van der Waals surface area contributed by atoms with E-state index >= 15 is 0 Å². The average molecular weight is 543 g/mol. The molecule has 2 aliphatic heterocycles. The highest BCUT2D eigenvalue weighted by Crippen LogP contribution is 2.45. The van der Waals surface area contributed by atoms with Gasteiger partial charge in [0.1, 0.15) is 5.82 Å². The Labute approximate surface area is 216 Å². The number of amides is 1. The van der Waals surface area contributed by atoms with Gasteiger partial charge >= 0.3 is 0 Å². The number of likely N-dealkylation sites (N-methyl/N-ethyl adjacent to an activating group) is 1. The summed E-state index contributed by atoms with van der Waals surface area (Å²) in [7, 11) is 4.31. The van der Waals surface area contributed by atoms with Gasteiger partial charge in [0.25, 0.3) is 0 Å². The van der Waals surface area contributed by atoms with Gasteiger partial charge in [0.2, 0.25) is 11.9 Å². The minimum absolute atomic E-state index is 0.287. The molecule has 0 unspecified atom stereocenters. The van der Waals surface area contributed by atoms with Gasteiger partial charge in [-0.25, -0.2) is 4.98 Å². The van der Waals surface area contributed by atoms with Crippen LogP contribution in [0, 0.1) is 0 Å². The Balaban J connectivity index is 1.20. The highest BCUT2D eigenvalue weighted by Gasteiger charge is 2.31. The van der Waals surface area contributed by atoms with Crippen LogP contribution in [0.1, 0.15) is 50.0 Å². The van der Waals surface area contributed by atoms with Gasteiger partial charge in [-0.15, -0.1) is 0 Å². The van der Waals surface area contributed by atoms with Gasteiger partial charge in [0.15, 0.2) is 0 Å². The summed E-state index contributed by atoms with van der Waals surface area (Å²) in [6, 6.07) is 7.38. The SMILES string of the molecule is CN(C)C1CN(c2ccc(Nc3ncc(Br)c(NCCCN4CCCCC4=O)n3)c(C3CC3)c2)C1. The predicted octanol–water partition coefficient (Wildman–Crippen LogP) is 4.42. The highest BCUT2D eigenvalue weighted by atomic mass is 79.9. The largest absolute Gasteiger partial charge is 0.369 e. The van der Waals surface area contributed by atoms with Crippen LogP contribution < -0.4 is 15.5 Å². The molecule has 0 radical (unpaired) electrons. The first-order valence-electron chi connectivity index (χ1n) is 12.8. The van der Waals surface area contributed by atoms with Crippen LogP contribution in [0.25, 0.3) is 0 Å². The van der Waals surface area contributed by atoms with Gasteiger partial charge < -0.3 is 25.3 Å². The van der Waals surface area contributed by atoms with Gasteiger partial charge in [-0.05, 0) is 91.8 Å². The Morgan fingerprint density at radius 2 is 2.03 bits per heavy atom. The summed E-state index contributed by atoms with van der Waals surface area (Å²) in [5.74, 6) is 2.27. The van der Waals surface area contributed by atoms with E-state index in [2.05, 4.69) is 73.6 Å². The fraction of sp³-hybridized carbons (Fsp3) is 0.577. The third kappa shape index (κ3) is 5.89. The molecule has 1 amide bonds. The van der Waals surface area contributed by atoms with Crippen LogP contribution in [-0.4, -0.2) is 78.5 Å². The quantitative estimate of drug-likeness (QED) is 0.431. The molecule has 3 heterocycles. The van der Waals surface area contributed by atoms with E-state index < -0.39 is 0 Å². The zero-order valence-electron chi connectivity index (χ0n) is 20.8. The van der Waals surface area contributed by atoms with Crippen molar-refractivity contribution in [2.24, 2.45) is 0 Å². The van der Waals surface area contributed by atoms with Crippen LogP contribution in [0.5, 0.6) is 0 Å². The van der Waals surface area contributed by atoms with E-state index in [9.17, 15) is 4.79 Å². The number of aromatic nitrogens is 2. The Morgan fingerprint density at radius 3 is 2.77 bits per heavy atom. The Bertz CT molecular complexity index is 1050. The molecule has 0 spiro atoms. The molecule has 9 heteroatoms. The highest BCUT2D eigenvalue weighted by molar-refractivity contribution is 9.10. The van der Waals surface area contributed by atoms with Crippen LogP contribution in [-0.2, 0) is 4.79 Å². The standard InChI is InChI=1S/C26H36BrN7O/c1-32(2)20-16-34(17-20)19-9-10-23(21(14-19)18-7-8-18)30-26-29-15-22(27)25(31-26)28-11-5-13-33-12-4-3-6-24(33)35/h9-10,14-15,18,20H,3-8,11-13,16-17H2,1-2H3,(H2,28,29,30,31). The van der Waals surface area contributed by atoms with Crippen molar-refractivity contribution in [2.75, 3.05) is 62.4 Å². The lowest BCUT2D eigenvalue weighted by atomic mass is 10.0. The number of likely N-dealkylation sites (tertiary alicyclic amines) is 1. The number of nitrogens with zero attached hydrogens (tertiary/aromatic N) is 5. The van der Waals surface area contributed by atoms with Gasteiger partial charge in [0, 0.05) is 62.8 Å². The fourth-order valence-corrected chi connectivity index (χ4v) is 5.16. The van der Waals surface area contributed by atoms with E-state index in [1.807, 2.05) is 4.90 Å². The van der Waals surface area contributed by atoms with Crippen molar-refractivity contribution in [1.82, 2.24) is 19.8 Å². The number of hydrogen-bond acceptors (Lipinski definition) is 7. The van der Waals surface area contributed by atoms with Gasteiger partial charge in [-0.1, -0.05) is 0 Å². The molecule has 35 heavy (non-hydrogen) atoms. The van der Waals surface area contributed by atoms with E-state index in [0.29, 0.717) is 24.3 Å². The number of nitrogens with one attached hydrogen (secondary N) is 2. The maximum atomic E-state index is 12.0. The van der Waals surface area contributed by atoms with Gasteiger partial charge in [-0.2, -0.15) is 4.98 Å². The number of piperidine rings is 1. The molecule has 5 rings (SSSR count). The third-order valence-electron chi connectivity index (χ3n) is 7.32. The smallest absolute Gasteiger partial charge is 0.229 e. The molecule has 8 nitrogen and oxygen atoms in total. The predicted molar refractivity (Wildman–Crippen MR) is 145 cm³/mol. The zero-order chi connectivity index (χ0) is 24.4. The second-order valence-electron chi connectivity index (χ2n) is 10.2. The first-order valence-corrected chi connectivity index (χ1v) is 13.6. The first-order chi connectivity index (χ1) is 17.0. The van der Waals surface area contributed by atoms with Crippen molar-refractivity contribution < 1.29 is 4.79 Å². The van der Waals surface area contributed by atoms with Crippen LogP contribution in [0.15, 0.2) is 28.9 Å². The minimum atomic E-state index is 0.287. The normalized spacial score (nSPS) is 18.7. The molecule has 2 aromatic rings. The molecule has 188 valence electrons. The van der Waals surface area contributed by atoms with E-state index in [4.69, 9.17) is 4.98 Å². The van der Waals surface area contributed by atoms with Crippen molar-refractivity contribution in [3.8, 4) is 0 Å². The van der Waals surface area contributed by atoms with Crippen LogP contribution >= 0.6 is 15.9 Å². The molecule has 3 fully saturated rings. The van der Waals surface area contributed by atoms with Crippen LogP contribution in [0.2, 0.25) is 0 Å². The summed E-state index contributed by atoms with van der Waals surface area (Å²) in [5, 5.41) is 6.88. The summed E-state index contributed by atoms with van der Waals surface area (Å²) >= 11 is 3.57. The van der Waals surface area contributed by atoms with Crippen LogP contribution in [0.3, 0.4) is 0 Å². The fourth-order valence-electron chi connectivity index (χ4n) is 4.83. The van der Waals surface area contributed by atoms with E-state index in [-0.39, 0.29) is 5.91 Å². The summed E-state index contributed by atoms with van der Waals surface area (Å²) in [6.07, 6.45) is 8.00. The zero-order valence-corrected chi connectivity index (χ0v) is 22.4.